The second-order valence-corrected chi connectivity index (χ2v) is 9.37. The van der Waals surface area contributed by atoms with Crippen molar-refractivity contribution in [2.45, 2.75) is 0 Å². The van der Waals surface area contributed by atoms with E-state index in [0.717, 1.165) is 30.0 Å². The molecule has 0 saturated heterocycles. The zero-order valence-corrected chi connectivity index (χ0v) is 20.9. The van der Waals surface area contributed by atoms with Gasteiger partial charge in [-0.25, -0.2) is 4.98 Å². The lowest BCUT2D eigenvalue weighted by Crippen LogP contribution is -2.34. The third-order valence-electron chi connectivity index (χ3n) is 4.59. The number of amides is 1. The molecule has 6 nitrogen and oxygen atoms in total. The number of ether oxygens (including phenoxy) is 2. The van der Waals surface area contributed by atoms with E-state index in [1.807, 2.05) is 42.5 Å². The fraction of sp³-hybridized carbons (Fsp3) is 0.0870. The number of para-hydroxylation sites is 1. The Morgan fingerprint density at radius 1 is 1.03 bits per heavy atom. The molecule has 0 unspecified atom stereocenters. The van der Waals surface area contributed by atoms with E-state index in [2.05, 4.69) is 33.2 Å². The first kappa shape index (κ1) is 22.4. The predicted octanol–water partition coefficient (Wildman–Crippen LogP) is 5.71. The highest BCUT2D eigenvalue weighted by molar-refractivity contribution is 14.1. The maximum atomic E-state index is 12.7. The first-order chi connectivity index (χ1) is 15.5. The Kier molecular flexibility index (Phi) is 6.87. The van der Waals surface area contributed by atoms with Gasteiger partial charge in [0, 0.05) is 20.8 Å². The number of fused-ring (bicyclic) bond motifs is 1. The molecule has 1 amide bonds. The number of rotatable bonds is 5. The molecule has 0 aliphatic carbocycles. The normalized spacial score (nSPS) is 10.6. The summed E-state index contributed by atoms with van der Waals surface area (Å²) in [5, 5.41) is 6.91. The molecule has 0 spiro atoms. The fourth-order valence-electron chi connectivity index (χ4n) is 3.06. The summed E-state index contributed by atoms with van der Waals surface area (Å²) >= 11 is 9.29. The van der Waals surface area contributed by atoms with Gasteiger partial charge in [0.25, 0.3) is 5.91 Å². The molecular formula is C23H18IN3O3S2. The molecule has 0 saturated carbocycles. The summed E-state index contributed by atoms with van der Waals surface area (Å²) in [6.45, 7) is 0. The van der Waals surface area contributed by atoms with Crippen LogP contribution in [0.5, 0.6) is 11.5 Å². The van der Waals surface area contributed by atoms with Gasteiger partial charge in [-0.1, -0.05) is 12.1 Å². The van der Waals surface area contributed by atoms with Gasteiger partial charge >= 0.3 is 0 Å². The van der Waals surface area contributed by atoms with Crippen LogP contribution in [-0.4, -0.2) is 30.2 Å². The smallest absolute Gasteiger partial charge is 0.257 e. The highest BCUT2D eigenvalue weighted by Crippen LogP contribution is 2.35. The standard InChI is InChI=1S/C23H18IN3O3S2/c1-29-15-9-13(10-16(12-15)30-2)21(28)27-23(31)26-18-8-7-14(24)11-17(18)22-25-19-5-3-4-6-20(19)32-22/h3-12H,1-2H3,(H2,26,27,28,31). The number of nitrogens with zero attached hydrogens (tertiary/aromatic N) is 1. The molecule has 4 aromatic rings. The summed E-state index contributed by atoms with van der Waals surface area (Å²) in [6, 6.07) is 18.9. The number of carbonyl (C=O) groups is 1. The quantitative estimate of drug-likeness (QED) is 0.235. The molecule has 0 fully saturated rings. The van der Waals surface area contributed by atoms with Crippen LogP contribution >= 0.6 is 46.1 Å². The molecule has 0 aliphatic heterocycles. The first-order valence-electron chi connectivity index (χ1n) is 9.47. The molecule has 3 aromatic carbocycles. The summed E-state index contributed by atoms with van der Waals surface area (Å²) in [4.78, 5) is 17.5. The van der Waals surface area contributed by atoms with Crippen molar-refractivity contribution >= 4 is 73.1 Å². The van der Waals surface area contributed by atoms with E-state index in [-0.39, 0.29) is 11.0 Å². The van der Waals surface area contributed by atoms with Crippen molar-refractivity contribution in [3.63, 3.8) is 0 Å². The van der Waals surface area contributed by atoms with Crippen LogP contribution in [0.15, 0.2) is 60.7 Å². The molecule has 0 aliphatic rings. The van der Waals surface area contributed by atoms with E-state index in [0.29, 0.717) is 17.1 Å². The molecule has 0 radical (unpaired) electrons. The molecule has 162 valence electrons. The summed E-state index contributed by atoms with van der Waals surface area (Å²) in [6.07, 6.45) is 0. The van der Waals surface area contributed by atoms with Crippen LogP contribution in [0.1, 0.15) is 10.4 Å². The molecule has 4 rings (SSSR count). The Labute approximate surface area is 208 Å². The van der Waals surface area contributed by atoms with Gasteiger partial charge in [0.15, 0.2) is 5.11 Å². The molecule has 1 heterocycles. The highest BCUT2D eigenvalue weighted by Gasteiger charge is 2.15. The van der Waals surface area contributed by atoms with E-state index < -0.39 is 0 Å². The van der Waals surface area contributed by atoms with Crippen LogP contribution in [0.2, 0.25) is 0 Å². The van der Waals surface area contributed by atoms with Crippen molar-refractivity contribution < 1.29 is 14.3 Å². The van der Waals surface area contributed by atoms with Crippen LogP contribution < -0.4 is 20.1 Å². The van der Waals surface area contributed by atoms with Gasteiger partial charge in [-0.2, -0.15) is 0 Å². The number of halogens is 1. The molecular weight excluding hydrogens is 557 g/mol. The van der Waals surface area contributed by atoms with E-state index in [4.69, 9.17) is 26.7 Å². The third kappa shape index (κ3) is 5.00. The van der Waals surface area contributed by atoms with Crippen molar-refractivity contribution in [3.05, 3.63) is 69.8 Å². The number of methoxy groups -OCH3 is 2. The van der Waals surface area contributed by atoms with Crippen molar-refractivity contribution in [1.29, 1.82) is 0 Å². The van der Waals surface area contributed by atoms with E-state index in [9.17, 15) is 4.79 Å². The van der Waals surface area contributed by atoms with Crippen molar-refractivity contribution in [3.8, 4) is 22.1 Å². The maximum absolute atomic E-state index is 12.7. The first-order valence-corrected chi connectivity index (χ1v) is 11.8. The van der Waals surface area contributed by atoms with E-state index in [1.54, 1.807) is 29.5 Å². The Morgan fingerprint density at radius 3 is 2.44 bits per heavy atom. The van der Waals surface area contributed by atoms with Crippen molar-refractivity contribution in [2.24, 2.45) is 0 Å². The number of nitrogens with one attached hydrogen (secondary N) is 2. The minimum Gasteiger partial charge on any atom is -0.497 e. The second kappa shape index (κ2) is 9.80. The molecule has 0 bridgehead atoms. The van der Waals surface area contributed by atoms with E-state index in [1.165, 1.54) is 14.2 Å². The van der Waals surface area contributed by atoms with Gasteiger partial charge in [-0.15, -0.1) is 11.3 Å². The molecule has 9 heteroatoms. The topological polar surface area (TPSA) is 72.5 Å². The van der Waals surface area contributed by atoms with Crippen LogP contribution in [0.4, 0.5) is 5.69 Å². The van der Waals surface area contributed by atoms with Gasteiger partial charge in [-0.05, 0) is 77.3 Å². The van der Waals surface area contributed by atoms with Gasteiger partial charge in [0.05, 0.1) is 30.1 Å². The summed E-state index contributed by atoms with van der Waals surface area (Å²) in [5.41, 5.74) is 3.00. The van der Waals surface area contributed by atoms with Crippen LogP contribution in [0.25, 0.3) is 20.8 Å². The predicted molar refractivity (Wildman–Crippen MR) is 141 cm³/mol. The average Bonchev–Trinajstić information content (AvgIpc) is 3.24. The molecule has 0 atom stereocenters. The Hall–Kier alpha value is -2.76. The number of hydrogen-bond acceptors (Lipinski definition) is 6. The lowest BCUT2D eigenvalue weighted by Gasteiger charge is -2.14. The number of hydrogen-bond donors (Lipinski definition) is 2. The van der Waals surface area contributed by atoms with Gasteiger partial charge < -0.3 is 14.8 Å². The van der Waals surface area contributed by atoms with Crippen molar-refractivity contribution in [2.75, 3.05) is 19.5 Å². The third-order valence-corrected chi connectivity index (χ3v) is 6.54. The summed E-state index contributed by atoms with van der Waals surface area (Å²) < 4.78 is 12.6. The van der Waals surface area contributed by atoms with Crippen LogP contribution in [0, 0.1) is 3.57 Å². The zero-order valence-electron chi connectivity index (χ0n) is 17.1. The SMILES string of the molecule is COc1cc(OC)cc(C(=O)NC(=S)Nc2ccc(I)cc2-c2nc3ccccc3s2)c1. The fourth-order valence-corrected chi connectivity index (χ4v) is 4.75. The number of thiazole rings is 1. The minimum atomic E-state index is -0.369. The number of anilines is 1. The van der Waals surface area contributed by atoms with Gasteiger partial charge in [0.1, 0.15) is 16.5 Å². The zero-order chi connectivity index (χ0) is 22.7. The molecule has 32 heavy (non-hydrogen) atoms. The highest BCUT2D eigenvalue weighted by atomic mass is 127. The number of thiocarbonyl (C=S) groups is 1. The van der Waals surface area contributed by atoms with E-state index >= 15 is 0 Å². The number of aromatic nitrogens is 1. The Balaban J connectivity index is 1.57. The Bertz CT molecular complexity index is 1270. The van der Waals surface area contributed by atoms with Gasteiger partial charge in [0.2, 0.25) is 0 Å². The van der Waals surface area contributed by atoms with Gasteiger partial charge in [-0.3, -0.25) is 10.1 Å². The van der Waals surface area contributed by atoms with Crippen LogP contribution in [-0.2, 0) is 0 Å². The van der Waals surface area contributed by atoms with Crippen molar-refractivity contribution in [1.82, 2.24) is 10.3 Å². The maximum Gasteiger partial charge on any atom is 0.257 e. The largest absolute Gasteiger partial charge is 0.497 e. The minimum absolute atomic E-state index is 0.181. The summed E-state index contributed by atoms with van der Waals surface area (Å²) in [7, 11) is 3.06. The second-order valence-electron chi connectivity index (χ2n) is 6.69. The Morgan fingerprint density at radius 2 is 1.75 bits per heavy atom. The lowest BCUT2D eigenvalue weighted by molar-refractivity contribution is 0.0977. The molecule has 1 aromatic heterocycles. The monoisotopic (exact) mass is 575 g/mol. The number of carbonyl (C=O) groups excluding carboxylic acids is 1. The average molecular weight is 575 g/mol. The molecule has 2 N–H and O–H groups in total. The summed E-state index contributed by atoms with van der Waals surface area (Å²) in [5.74, 6) is 0.667. The number of benzene rings is 3. The van der Waals surface area contributed by atoms with Crippen LogP contribution in [0.3, 0.4) is 0 Å². The lowest BCUT2D eigenvalue weighted by atomic mass is 10.2.